The Kier molecular flexibility index (Phi) is 3.00. The molecule has 1 aromatic heterocycles. The van der Waals surface area contributed by atoms with Gasteiger partial charge in [-0.1, -0.05) is 39.5 Å². The highest BCUT2D eigenvalue weighted by molar-refractivity contribution is 5.86. The first-order valence-corrected chi connectivity index (χ1v) is 4.76. The second-order valence-corrected chi connectivity index (χ2v) is 3.90. The summed E-state index contributed by atoms with van der Waals surface area (Å²) in [6, 6.07) is 6.45. The van der Waals surface area contributed by atoms with Crippen molar-refractivity contribution in [2.75, 3.05) is 0 Å². The lowest BCUT2D eigenvalue weighted by atomic mass is 10.0. The Balaban J connectivity index is 0.000000980. The van der Waals surface area contributed by atoms with Gasteiger partial charge in [-0.25, -0.2) is 0 Å². The highest BCUT2D eigenvalue weighted by Gasteiger charge is 2.07. The number of aromatic amines is 1. The molecule has 0 aliphatic heterocycles. The molecule has 2 rings (SSSR count). The number of aromatic nitrogens is 1. The Morgan fingerprint density at radius 3 is 2.57 bits per heavy atom. The van der Waals surface area contributed by atoms with E-state index in [4.69, 9.17) is 0 Å². The maximum atomic E-state index is 3.34. The standard InChI is InChI=1S/C12H15N.CH4/c1-8(2)11-7-13-12-9(3)5-4-6-10(11)12;/h4-8,13H,1-3H3;1H4. The van der Waals surface area contributed by atoms with Gasteiger partial charge in [0.1, 0.15) is 0 Å². The van der Waals surface area contributed by atoms with E-state index in [1.807, 2.05) is 0 Å². The number of nitrogens with one attached hydrogen (secondary N) is 1. The van der Waals surface area contributed by atoms with E-state index in [2.05, 4.69) is 50.2 Å². The predicted octanol–water partition coefficient (Wildman–Crippen LogP) is 4.24. The van der Waals surface area contributed by atoms with Crippen LogP contribution < -0.4 is 0 Å². The fraction of sp³-hybridized carbons (Fsp3) is 0.385. The van der Waals surface area contributed by atoms with Crippen molar-refractivity contribution in [3.63, 3.8) is 0 Å². The van der Waals surface area contributed by atoms with E-state index in [0.717, 1.165) is 0 Å². The van der Waals surface area contributed by atoms with Crippen molar-refractivity contribution in [3.8, 4) is 0 Å². The SMILES string of the molecule is C.Cc1cccc2c(C(C)C)c[nH]c12. The van der Waals surface area contributed by atoms with Crippen LogP contribution in [-0.4, -0.2) is 4.98 Å². The number of fused-ring (bicyclic) bond motifs is 1. The molecule has 0 saturated carbocycles. The van der Waals surface area contributed by atoms with Gasteiger partial charge in [0.25, 0.3) is 0 Å². The zero-order chi connectivity index (χ0) is 9.42. The van der Waals surface area contributed by atoms with E-state index in [0.29, 0.717) is 5.92 Å². The Labute approximate surface area is 86.2 Å². The van der Waals surface area contributed by atoms with Gasteiger partial charge in [0, 0.05) is 17.1 Å². The molecule has 0 radical (unpaired) electrons. The highest BCUT2D eigenvalue weighted by atomic mass is 14.7. The van der Waals surface area contributed by atoms with Gasteiger partial charge < -0.3 is 4.98 Å². The van der Waals surface area contributed by atoms with Crippen molar-refractivity contribution in [1.29, 1.82) is 0 Å². The molecule has 1 heterocycles. The van der Waals surface area contributed by atoms with Crippen LogP contribution in [0.25, 0.3) is 10.9 Å². The quantitative estimate of drug-likeness (QED) is 0.690. The number of rotatable bonds is 1. The Morgan fingerprint density at radius 1 is 1.21 bits per heavy atom. The third-order valence-electron chi connectivity index (χ3n) is 2.58. The number of benzene rings is 1. The number of para-hydroxylation sites is 1. The van der Waals surface area contributed by atoms with Crippen molar-refractivity contribution in [1.82, 2.24) is 4.98 Å². The maximum Gasteiger partial charge on any atom is 0.0486 e. The van der Waals surface area contributed by atoms with Crippen LogP contribution in [0.4, 0.5) is 0 Å². The molecule has 1 N–H and O–H groups in total. The molecule has 14 heavy (non-hydrogen) atoms. The van der Waals surface area contributed by atoms with Crippen molar-refractivity contribution in [3.05, 3.63) is 35.5 Å². The van der Waals surface area contributed by atoms with Gasteiger partial charge in [0.05, 0.1) is 0 Å². The predicted molar refractivity (Wildman–Crippen MR) is 63.9 cm³/mol. The largest absolute Gasteiger partial charge is 0.361 e. The molecule has 0 spiro atoms. The summed E-state index contributed by atoms with van der Waals surface area (Å²) in [5.41, 5.74) is 4.02. The van der Waals surface area contributed by atoms with Crippen molar-refractivity contribution in [2.24, 2.45) is 0 Å². The lowest BCUT2D eigenvalue weighted by molar-refractivity contribution is 0.875. The van der Waals surface area contributed by atoms with Crippen LogP contribution >= 0.6 is 0 Å². The molecule has 1 aromatic carbocycles. The second kappa shape index (κ2) is 3.87. The average Bonchev–Trinajstić information content (AvgIpc) is 2.48. The van der Waals surface area contributed by atoms with Gasteiger partial charge >= 0.3 is 0 Å². The molecule has 0 saturated heterocycles. The van der Waals surface area contributed by atoms with E-state index >= 15 is 0 Å². The minimum Gasteiger partial charge on any atom is -0.361 e. The molecule has 0 unspecified atom stereocenters. The Morgan fingerprint density at radius 2 is 1.93 bits per heavy atom. The van der Waals surface area contributed by atoms with E-state index in [-0.39, 0.29) is 7.43 Å². The molecule has 0 aliphatic rings. The minimum atomic E-state index is 0. The zero-order valence-corrected chi connectivity index (χ0v) is 8.39. The van der Waals surface area contributed by atoms with Crippen LogP contribution in [0.5, 0.6) is 0 Å². The lowest BCUT2D eigenvalue weighted by Crippen LogP contribution is -1.83. The van der Waals surface area contributed by atoms with Crippen molar-refractivity contribution in [2.45, 2.75) is 34.1 Å². The molecule has 0 bridgehead atoms. The van der Waals surface area contributed by atoms with E-state index in [1.54, 1.807) is 0 Å². The fourth-order valence-electron chi connectivity index (χ4n) is 1.81. The molecule has 0 amide bonds. The van der Waals surface area contributed by atoms with Gasteiger partial charge in [-0.2, -0.15) is 0 Å². The summed E-state index contributed by atoms with van der Waals surface area (Å²) in [5, 5.41) is 1.37. The summed E-state index contributed by atoms with van der Waals surface area (Å²) >= 11 is 0. The van der Waals surface area contributed by atoms with E-state index in [1.165, 1.54) is 22.0 Å². The van der Waals surface area contributed by atoms with Gasteiger partial charge in [0.15, 0.2) is 0 Å². The van der Waals surface area contributed by atoms with Crippen LogP contribution in [-0.2, 0) is 0 Å². The number of aryl methyl sites for hydroxylation is 1. The average molecular weight is 189 g/mol. The highest BCUT2D eigenvalue weighted by Crippen LogP contribution is 2.26. The van der Waals surface area contributed by atoms with E-state index < -0.39 is 0 Å². The van der Waals surface area contributed by atoms with Crippen LogP contribution in [0.3, 0.4) is 0 Å². The number of hydrogen-bond donors (Lipinski definition) is 1. The van der Waals surface area contributed by atoms with Crippen LogP contribution in [0.2, 0.25) is 0 Å². The first-order chi connectivity index (χ1) is 6.20. The first kappa shape index (κ1) is 10.8. The van der Waals surface area contributed by atoms with Crippen LogP contribution in [0.1, 0.15) is 38.3 Å². The molecule has 1 heteroatoms. The molecular formula is C13H19N. The monoisotopic (exact) mass is 189 g/mol. The molecule has 2 aromatic rings. The van der Waals surface area contributed by atoms with E-state index in [9.17, 15) is 0 Å². The topological polar surface area (TPSA) is 15.8 Å². The Bertz CT molecular complexity index is 424. The summed E-state index contributed by atoms with van der Waals surface area (Å²) < 4.78 is 0. The zero-order valence-electron chi connectivity index (χ0n) is 8.39. The van der Waals surface area contributed by atoms with Gasteiger partial charge in [-0.3, -0.25) is 0 Å². The van der Waals surface area contributed by atoms with Gasteiger partial charge in [-0.05, 0) is 24.0 Å². The van der Waals surface area contributed by atoms with Crippen molar-refractivity contribution < 1.29 is 0 Å². The molecular weight excluding hydrogens is 170 g/mol. The van der Waals surface area contributed by atoms with Crippen LogP contribution in [0.15, 0.2) is 24.4 Å². The van der Waals surface area contributed by atoms with Crippen LogP contribution in [0, 0.1) is 6.92 Å². The van der Waals surface area contributed by atoms with Crippen molar-refractivity contribution >= 4 is 10.9 Å². The fourth-order valence-corrected chi connectivity index (χ4v) is 1.81. The molecule has 0 fully saturated rings. The second-order valence-electron chi connectivity index (χ2n) is 3.90. The normalized spacial score (nSPS) is 10.6. The molecule has 76 valence electrons. The van der Waals surface area contributed by atoms with Gasteiger partial charge in [-0.15, -0.1) is 0 Å². The number of hydrogen-bond acceptors (Lipinski definition) is 0. The summed E-state index contributed by atoms with van der Waals surface area (Å²) in [7, 11) is 0. The summed E-state index contributed by atoms with van der Waals surface area (Å²) in [4.78, 5) is 3.34. The van der Waals surface area contributed by atoms with Gasteiger partial charge in [0.2, 0.25) is 0 Å². The summed E-state index contributed by atoms with van der Waals surface area (Å²) in [5.74, 6) is 0.593. The smallest absolute Gasteiger partial charge is 0.0486 e. The Hall–Kier alpha value is -1.24. The molecule has 0 aliphatic carbocycles. The molecule has 1 nitrogen and oxygen atoms in total. The first-order valence-electron chi connectivity index (χ1n) is 4.76. The number of H-pyrrole nitrogens is 1. The molecule has 0 atom stereocenters. The third-order valence-corrected chi connectivity index (χ3v) is 2.58. The third kappa shape index (κ3) is 1.54. The summed E-state index contributed by atoms with van der Waals surface area (Å²) in [6.07, 6.45) is 2.13. The lowest BCUT2D eigenvalue weighted by Gasteiger charge is -2.02. The summed E-state index contributed by atoms with van der Waals surface area (Å²) in [6.45, 7) is 6.60. The minimum absolute atomic E-state index is 0. The maximum absolute atomic E-state index is 3.34.